The molecule has 0 spiro atoms. The van der Waals surface area contributed by atoms with E-state index in [2.05, 4.69) is 15.3 Å². The van der Waals surface area contributed by atoms with Gasteiger partial charge in [-0.2, -0.15) is 5.26 Å². The average molecular weight is 399 g/mol. The molecule has 1 aromatic carbocycles. The molecule has 1 fully saturated rings. The van der Waals surface area contributed by atoms with E-state index in [1.54, 1.807) is 0 Å². The fourth-order valence-corrected chi connectivity index (χ4v) is 4.67. The monoisotopic (exact) mass is 399 g/mol. The quantitative estimate of drug-likeness (QED) is 0.823. The number of benzene rings is 1. The number of rotatable bonds is 4. The zero-order valence-electron chi connectivity index (χ0n) is 14.5. The number of aliphatic imine (C=N–C) groups is 1. The highest BCUT2D eigenvalue weighted by molar-refractivity contribution is 8.14. The summed E-state index contributed by atoms with van der Waals surface area (Å²) in [5.41, 5.74) is 5.27. The highest BCUT2D eigenvalue weighted by atomic mass is 32.2. The molecule has 4 rings (SSSR count). The van der Waals surface area contributed by atoms with Gasteiger partial charge in [-0.05, 0) is 36.8 Å². The summed E-state index contributed by atoms with van der Waals surface area (Å²) in [4.78, 5) is 20.6. The van der Waals surface area contributed by atoms with Crippen LogP contribution in [0.1, 0.15) is 28.0 Å². The Morgan fingerprint density at radius 3 is 2.93 bits per heavy atom. The minimum absolute atomic E-state index is 0.0799. The molecule has 2 heterocycles. The molecule has 9 heteroatoms. The van der Waals surface area contributed by atoms with Crippen LogP contribution >= 0.6 is 11.8 Å². The van der Waals surface area contributed by atoms with Crippen LogP contribution in [0.15, 0.2) is 41.5 Å². The van der Waals surface area contributed by atoms with Crippen molar-refractivity contribution in [1.29, 1.82) is 5.26 Å². The van der Waals surface area contributed by atoms with Crippen molar-refractivity contribution in [3.05, 3.63) is 59.2 Å². The number of nitrogens with zero attached hydrogens (tertiary/aromatic N) is 3. The number of pyridine rings is 1. The van der Waals surface area contributed by atoms with Crippen LogP contribution in [0, 0.1) is 23.1 Å². The SMILES string of the molecule is N#Cc1ccc(C(=O)Nc2ccc(F)c([C@@]3(CF)N=C(N)S[C@H]4C[C@H]43)c2)nc1. The molecule has 0 unspecified atom stereocenters. The third kappa shape index (κ3) is 3.10. The zero-order chi connectivity index (χ0) is 19.9. The molecule has 1 aromatic heterocycles. The maximum Gasteiger partial charge on any atom is 0.274 e. The molecule has 1 aliphatic heterocycles. The molecule has 0 bridgehead atoms. The second kappa shape index (κ2) is 6.87. The van der Waals surface area contributed by atoms with Gasteiger partial charge in [0.05, 0.1) is 5.56 Å². The standard InChI is InChI=1S/C19H15F2N5OS/c20-9-19(13-6-16(13)28-18(23)26-19)12-5-11(2-3-14(12)21)25-17(27)15-4-1-10(7-22)8-24-15/h1-5,8,13,16H,6,9H2,(H2,23,26)(H,25,27)/t13-,16+,19-/m1/s1. The molecule has 6 nitrogen and oxygen atoms in total. The van der Waals surface area contributed by atoms with E-state index in [0.717, 1.165) is 0 Å². The van der Waals surface area contributed by atoms with E-state index in [-0.39, 0.29) is 27.6 Å². The van der Waals surface area contributed by atoms with E-state index in [1.165, 1.54) is 48.3 Å². The molecule has 2 aliphatic rings. The Morgan fingerprint density at radius 2 is 2.25 bits per heavy atom. The van der Waals surface area contributed by atoms with Gasteiger partial charge in [-0.1, -0.05) is 11.8 Å². The highest BCUT2D eigenvalue weighted by Crippen LogP contribution is 2.58. The summed E-state index contributed by atoms with van der Waals surface area (Å²) in [5.74, 6) is -1.25. The van der Waals surface area contributed by atoms with Gasteiger partial charge in [0.2, 0.25) is 0 Å². The average Bonchev–Trinajstić information content (AvgIpc) is 3.48. The number of fused-ring (bicyclic) bond motifs is 1. The summed E-state index contributed by atoms with van der Waals surface area (Å²) >= 11 is 1.39. The van der Waals surface area contributed by atoms with E-state index < -0.39 is 23.9 Å². The van der Waals surface area contributed by atoms with Crippen molar-refractivity contribution in [2.75, 3.05) is 12.0 Å². The van der Waals surface area contributed by atoms with Crippen molar-refractivity contribution in [2.24, 2.45) is 16.6 Å². The number of thioether (sulfide) groups is 1. The van der Waals surface area contributed by atoms with Crippen molar-refractivity contribution < 1.29 is 13.6 Å². The molecular formula is C19H15F2N5OS. The molecule has 3 N–H and O–H groups in total. The minimum atomic E-state index is -1.36. The topological polar surface area (TPSA) is 104 Å². The third-order valence-corrected chi connectivity index (χ3v) is 6.10. The molecule has 0 saturated heterocycles. The zero-order valence-corrected chi connectivity index (χ0v) is 15.3. The number of carbonyl (C=O) groups is 1. The lowest BCUT2D eigenvalue weighted by Gasteiger charge is -2.31. The van der Waals surface area contributed by atoms with Gasteiger partial charge in [-0.3, -0.25) is 4.79 Å². The summed E-state index contributed by atoms with van der Waals surface area (Å²) < 4.78 is 28.7. The fraction of sp³-hybridized carbons (Fsp3) is 0.263. The Bertz CT molecular complexity index is 1020. The number of amides is 1. The number of aromatic nitrogens is 1. The lowest BCUT2D eigenvalue weighted by atomic mass is 9.86. The van der Waals surface area contributed by atoms with Gasteiger partial charge in [0.25, 0.3) is 5.91 Å². The second-order valence-corrected chi connectivity index (χ2v) is 7.96. The predicted molar refractivity (Wildman–Crippen MR) is 102 cm³/mol. The number of nitrogens with one attached hydrogen (secondary N) is 1. The van der Waals surface area contributed by atoms with E-state index >= 15 is 0 Å². The van der Waals surface area contributed by atoms with Gasteiger partial charge in [-0.15, -0.1) is 0 Å². The minimum Gasteiger partial charge on any atom is -0.379 e. The molecule has 2 aromatic rings. The largest absolute Gasteiger partial charge is 0.379 e. The molecule has 1 amide bonds. The Kier molecular flexibility index (Phi) is 4.51. The van der Waals surface area contributed by atoms with Crippen molar-refractivity contribution in [2.45, 2.75) is 17.2 Å². The van der Waals surface area contributed by atoms with E-state index in [9.17, 15) is 13.6 Å². The van der Waals surface area contributed by atoms with E-state index in [0.29, 0.717) is 17.7 Å². The van der Waals surface area contributed by atoms with Crippen molar-refractivity contribution in [1.82, 2.24) is 4.98 Å². The summed E-state index contributed by atoms with van der Waals surface area (Å²) in [5, 5.41) is 11.8. The molecule has 0 radical (unpaired) electrons. The number of halogens is 2. The van der Waals surface area contributed by atoms with Crippen molar-refractivity contribution in [3.8, 4) is 6.07 Å². The van der Waals surface area contributed by atoms with Crippen LogP contribution in [-0.2, 0) is 5.54 Å². The van der Waals surface area contributed by atoms with Crippen molar-refractivity contribution in [3.63, 3.8) is 0 Å². The third-order valence-electron chi connectivity index (χ3n) is 4.95. The van der Waals surface area contributed by atoms with Crippen LogP contribution in [-0.4, -0.2) is 28.0 Å². The van der Waals surface area contributed by atoms with Gasteiger partial charge in [0, 0.05) is 28.6 Å². The number of hydrogen-bond donors (Lipinski definition) is 2. The number of alkyl halides is 1. The van der Waals surface area contributed by atoms with Crippen molar-refractivity contribution >= 4 is 28.5 Å². The Hall–Kier alpha value is -2.99. The Morgan fingerprint density at radius 1 is 1.43 bits per heavy atom. The number of carbonyl (C=O) groups excluding carboxylic acids is 1. The molecule has 28 heavy (non-hydrogen) atoms. The highest BCUT2D eigenvalue weighted by Gasteiger charge is 2.58. The van der Waals surface area contributed by atoms with Crippen LogP contribution in [0.2, 0.25) is 0 Å². The number of nitriles is 1. The smallest absolute Gasteiger partial charge is 0.274 e. The van der Waals surface area contributed by atoms with Crippen LogP contribution in [0.25, 0.3) is 0 Å². The second-order valence-electron chi connectivity index (χ2n) is 6.70. The van der Waals surface area contributed by atoms with Crippen LogP contribution in [0.3, 0.4) is 0 Å². The summed E-state index contributed by atoms with van der Waals surface area (Å²) in [6.07, 6.45) is 2.00. The fourth-order valence-electron chi connectivity index (χ4n) is 3.45. The first-order chi connectivity index (χ1) is 13.5. The number of nitrogens with two attached hydrogens (primary N) is 1. The maximum atomic E-state index is 14.6. The normalized spacial score (nSPS) is 25.2. The lowest BCUT2D eigenvalue weighted by Crippen LogP contribution is -2.36. The molecular weight excluding hydrogens is 384 g/mol. The predicted octanol–water partition coefficient (Wildman–Crippen LogP) is 2.96. The summed E-state index contributed by atoms with van der Waals surface area (Å²) in [7, 11) is 0. The summed E-state index contributed by atoms with van der Waals surface area (Å²) in [6.45, 7) is -0.874. The van der Waals surface area contributed by atoms with Crippen LogP contribution in [0.5, 0.6) is 0 Å². The van der Waals surface area contributed by atoms with Gasteiger partial charge in [0.1, 0.15) is 29.8 Å². The molecule has 142 valence electrons. The summed E-state index contributed by atoms with van der Waals surface area (Å²) in [6, 6.07) is 8.78. The van der Waals surface area contributed by atoms with Crippen LogP contribution in [0.4, 0.5) is 14.5 Å². The molecule has 1 aliphatic carbocycles. The first-order valence-corrected chi connectivity index (χ1v) is 9.40. The van der Waals surface area contributed by atoms with Crippen LogP contribution < -0.4 is 11.1 Å². The first kappa shape index (κ1) is 18.4. The molecule has 3 atom stereocenters. The van der Waals surface area contributed by atoms with E-state index in [1.807, 2.05) is 6.07 Å². The van der Waals surface area contributed by atoms with Gasteiger partial charge < -0.3 is 11.1 Å². The number of amidine groups is 1. The lowest BCUT2D eigenvalue weighted by molar-refractivity contribution is 0.102. The van der Waals surface area contributed by atoms with Gasteiger partial charge in [-0.25, -0.2) is 18.8 Å². The number of anilines is 1. The number of hydrogen-bond acceptors (Lipinski definition) is 6. The van der Waals surface area contributed by atoms with Gasteiger partial charge >= 0.3 is 0 Å². The Balaban J connectivity index is 1.65. The molecule has 1 saturated carbocycles. The maximum absolute atomic E-state index is 14.6. The Labute approximate surface area is 163 Å². The van der Waals surface area contributed by atoms with E-state index in [4.69, 9.17) is 11.0 Å². The van der Waals surface area contributed by atoms with Gasteiger partial charge in [0.15, 0.2) is 5.17 Å². The first-order valence-electron chi connectivity index (χ1n) is 8.52.